The molecule has 1 aliphatic rings. The van der Waals surface area contributed by atoms with E-state index < -0.39 is 16.4 Å². The lowest BCUT2D eigenvalue weighted by Gasteiger charge is -2.27. The van der Waals surface area contributed by atoms with Crippen LogP contribution in [0.25, 0.3) is 0 Å². The van der Waals surface area contributed by atoms with Gasteiger partial charge in [0.15, 0.2) is 9.84 Å². The average Bonchev–Trinajstić information content (AvgIpc) is 2.81. The molecule has 1 saturated heterocycles. The summed E-state index contributed by atoms with van der Waals surface area (Å²) in [4.78, 5) is 14.0. The first-order valence-corrected chi connectivity index (χ1v) is 9.16. The number of hydrogen-bond donors (Lipinski definition) is 0. The topological polar surface area (TPSA) is 63.7 Å². The number of ether oxygens (including phenoxy) is 1. The molecule has 0 radical (unpaired) electrons. The van der Waals surface area contributed by atoms with Gasteiger partial charge in [0, 0.05) is 12.6 Å². The molecule has 2 rings (SSSR count). The summed E-state index contributed by atoms with van der Waals surface area (Å²) in [5.41, 5.74) is 0.663. The molecule has 1 amide bonds. The summed E-state index contributed by atoms with van der Waals surface area (Å²) in [7, 11) is -3.06. The second-order valence-electron chi connectivity index (χ2n) is 5.44. The van der Waals surface area contributed by atoms with Gasteiger partial charge < -0.3 is 9.64 Å². The Balaban J connectivity index is 1.99. The minimum atomic E-state index is -3.06. The molecule has 0 aliphatic carbocycles. The van der Waals surface area contributed by atoms with E-state index in [1.165, 1.54) is 12.1 Å². The van der Waals surface area contributed by atoms with Gasteiger partial charge in [-0.05, 0) is 31.0 Å². The lowest BCUT2D eigenvalue weighted by Crippen LogP contribution is -2.41. The van der Waals surface area contributed by atoms with E-state index >= 15 is 0 Å². The Morgan fingerprint density at radius 3 is 2.48 bits per heavy atom. The van der Waals surface area contributed by atoms with Crippen LogP contribution < -0.4 is 4.74 Å². The molecule has 1 unspecified atom stereocenters. The zero-order valence-electron chi connectivity index (χ0n) is 12.7. The molecule has 1 atom stereocenters. The Morgan fingerprint density at radius 2 is 2.00 bits per heavy atom. The largest absolute Gasteiger partial charge is 0.435 e. The maximum Gasteiger partial charge on any atom is 0.387 e. The van der Waals surface area contributed by atoms with E-state index in [1.54, 1.807) is 17.0 Å². The van der Waals surface area contributed by atoms with Gasteiger partial charge in [-0.3, -0.25) is 4.79 Å². The number of hydrogen-bond acceptors (Lipinski definition) is 4. The van der Waals surface area contributed by atoms with Gasteiger partial charge in [-0.1, -0.05) is 12.1 Å². The van der Waals surface area contributed by atoms with Gasteiger partial charge in [0.2, 0.25) is 5.91 Å². The predicted octanol–water partition coefficient (Wildman–Crippen LogP) is 1.87. The average molecular weight is 347 g/mol. The molecular weight excluding hydrogens is 328 g/mol. The number of carbonyl (C=O) groups is 1. The molecule has 0 saturated carbocycles. The molecule has 23 heavy (non-hydrogen) atoms. The summed E-state index contributed by atoms with van der Waals surface area (Å²) in [6, 6.07) is 5.58. The molecule has 0 aromatic heterocycles. The van der Waals surface area contributed by atoms with E-state index in [-0.39, 0.29) is 35.6 Å². The van der Waals surface area contributed by atoms with Gasteiger partial charge >= 0.3 is 6.61 Å². The number of nitrogens with zero attached hydrogens (tertiary/aromatic N) is 1. The zero-order chi connectivity index (χ0) is 17.0. The lowest BCUT2D eigenvalue weighted by atomic mass is 10.1. The highest BCUT2D eigenvalue weighted by Crippen LogP contribution is 2.20. The Hall–Kier alpha value is -1.70. The number of carbonyl (C=O) groups excluding carboxylic acids is 1. The van der Waals surface area contributed by atoms with E-state index in [4.69, 9.17) is 0 Å². The molecule has 1 aromatic rings. The van der Waals surface area contributed by atoms with Crippen molar-refractivity contribution >= 4 is 15.7 Å². The van der Waals surface area contributed by atoms with E-state index in [2.05, 4.69) is 4.74 Å². The van der Waals surface area contributed by atoms with Crippen LogP contribution in [0.2, 0.25) is 0 Å². The third-order valence-corrected chi connectivity index (χ3v) is 5.56. The Bertz CT molecular complexity index is 646. The fraction of sp³-hybridized carbons (Fsp3) is 0.533. The van der Waals surface area contributed by atoms with Crippen molar-refractivity contribution in [2.45, 2.75) is 32.4 Å². The van der Waals surface area contributed by atoms with E-state index in [0.717, 1.165) is 0 Å². The van der Waals surface area contributed by atoms with Gasteiger partial charge in [0.1, 0.15) is 5.75 Å². The highest BCUT2D eigenvalue weighted by Gasteiger charge is 2.33. The zero-order valence-corrected chi connectivity index (χ0v) is 13.6. The van der Waals surface area contributed by atoms with Crippen molar-refractivity contribution in [2.75, 3.05) is 18.1 Å². The highest BCUT2D eigenvalue weighted by atomic mass is 32.2. The Morgan fingerprint density at radius 1 is 1.35 bits per heavy atom. The van der Waals surface area contributed by atoms with Crippen molar-refractivity contribution in [3.8, 4) is 5.75 Å². The smallest absolute Gasteiger partial charge is 0.387 e. The minimum Gasteiger partial charge on any atom is -0.435 e. The summed E-state index contributed by atoms with van der Waals surface area (Å²) in [5.74, 6) is -0.0166. The van der Waals surface area contributed by atoms with E-state index in [0.29, 0.717) is 18.5 Å². The first-order chi connectivity index (χ1) is 10.8. The maximum atomic E-state index is 12.4. The summed E-state index contributed by atoms with van der Waals surface area (Å²) in [6.45, 7) is -0.643. The molecule has 0 spiro atoms. The molecule has 1 fully saturated rings. The lowest BCUT2D eigenvalue weighted by molar-refractivity contribution is -0.132. The Labute approximate surface area is 134 Å². The number of alkyl halides is 2. The standard InChI is InChI=1S/C15H19F2NO4S/c1-2-18(12-7-8-23(20,21)10-12)14(19)9-11-3-5-13(6-4-11)22-15(16)17/h3-6,12,15H,2,7-10H2,1H3. The van der Waals surface area contributed by atoms with Crippen LogP contribution in [0.1, 0.15) is 18.9 Å². The van der Waals surface area contributed by atoms with Crippen LogP contribution in [0.15, 0.2) is 24.3 Å². The van der Waals surface area contributed by atoms with E-state index in [9.17, 15) is 22.0 Å². The van der Waals surface area contributed by atoms with Crippen molar-refractivity contribution < 1.29 is 26.7 Å². The molecule has 0 bridgehead atoms. The first kappa shape index (κ1) is 17.7. The number of halogens is 2. The van der Waals surface area contributed by atoms with Crippen molar-refractivity contribution in [1.82, 2.24) is 4.90 Å². The predicted molar refractivity (Wildman–Crippen MR) is 81.2 cm³/mol. The molecule has 1 aliphatic heterocycles. The maximum absolute atomic E-state index is 12.4. The van der Waals surface area contributed by atoms with Crippen LogP contribution in [-0.2, 0) is 21.1 Å². The van der Waals surface area contributed by atoms with Crippen LogP contribution >= 0.6 is 0 Å². The van der Waals surface area contributed by atoms with Crippen molar-refractivity contribution in [3.05, 3.63) is 29.8 Å². The molecule has 1 aromatic carbocycles. The second kappa shape index (κ2) is 7.25. The van der Waals surface area contributed by atoms with Gasteiger partial charge in [0.25, 0.3) is 0 Å². The third-order valence-electron chi connectivity index (χ3n) is 3.81. The molecule has 5 nitrogen and oxygen atoms in total. The second-order valence-corrected chi connectivity index (χ2v) is 7.66. The first-order valence-electron chi connectivity index (χ1n) is 7.34. The third kappa shape index (κ3) is 4.89. The quantitative estimate of drug-likeness (QED) is 0.788. The molecule has 128 valence electrons. The number of rotatable bonds is 6. The van der Waals surface area contributed by atoms with Crippen LogP contribution in [0.3, 0.4) is 0 Å². The van der Waals surface area contributed by atoms with E-state index in [1.807, 2.05) is 6.92 Å². The molecule has 8 heteroatoms. The number of sulfone groups is 1. The van der Waals surface area contributed by atoms with Crippen molar-refractivity contribution in [2.24, 2.45) is 0 Å². The van der Waals surface area contributed by atoms with Crippen molar-refractivity contribution in [3.63, 3.8) is 0 Å². The highest BCUT2D eigenvalue weighted by molar-refractivity contribution is 7.91. The minimum absolute atomic E-state index is 0.00768. The Kier molecular flexibility index (Phi) is 5.56. The van der Waals surface area contributed by atoms with Crippen LogP contribution in [0, 0.1) is 0 Å². The van der Waals surface area contributed by atoms with Crippen LogP contribution in [0.4, 0.5) is 8.78 Å². The molecule has 1 heterocycles. The number of likely N-dealkylation sites (N-methyl/N-ethyl adjacent to an activating group) is 1. The molecule has 0 N–H and O–H groups in total. The van der Waals surface area contributed by atoms with Crippen molar-refractivity contribution in [1.29, 1.82) is 0 Å². The summed E-state index contributed by atoms with van der Waals surface area (Å²) >= 11 is 0. The monoisotopic (exact) mass is 347 g/mol. The van der Waals surface area contributed by atoms with Gasteiger partial charge in [-0.15, -0.1) is 0 Å². The fourth-order valence-electron chi connectivity index (χ4n) is 2.72. The fourth-order valence-corrected chi connectivity index (χ4v) is 4.46. The summed E-state index contributed by atoms with van der Waals surface area (Å²) in [5, 5.41) is 0. The molecular formula is C15H19F2NO4S. The van der Waals surface area contributed by atoms with Crippen LogP contribution in [-0.4, -0.2) is 49.9 Å². The van der Waals surface area contributed by atoms with Gasteiger partial charge in [0.05, 0.1) is 17.9 Å². The normalized spacial score (nSPS) is 19.7. The van der Waals surface area contributed by atoms with Gasteiger partial charge in [-0.25, -0.2) is 8.42 Å². The number of amides is 1. The summed E-state index contributed by atoms with van der Waals surface area (Å²) < 4.78 is 51.5. The van der Waals surface area contributed by atoms with Gasteiger partial charge in [-0.2, -0.15) is 8.78 Å². The van der Waals surface area contributed by atoms with Crippen LogP contribution in [0.5, 0.6) is 5.75 Å². The number of benzene rings is 1. The SMILES string of the molecule is CCN(C(=O)Cc1ccc(OC(F)F)cc1)C1CCS(=O)(=O)C1. The summed E-state index contributed by atoms with van der Waals surface area (Å²) in [6.07, 6.45) is 0.558.